The van der Waals surface area contributed by atoms with Gasteiger partial charge in [-0.05, 0) is 27.0 Å². The molecule has 0 unspecified atom stereocenters. The second-order valence-corrected chi connectivity index (χ2v) is 4.35. The number of aromatic nitrogens is 3. The third-order valence-corrected chi connectivity index (χ3v) is 2.47. The highest BCUT2D eigenvalue weighted by atomic mass is 16.5. The molecule has 2 aromatic heterocycles. The minimum Gasteiger partial charge on any atom is -0.436 e. The first-order chi connectivity index (χ1) is 8.69. The molecule has 0 spiro atoms. The van der Waals surface area contributed by atoms with E-state index < -0.39 is 0 Å². The van der Waals surface area contributed by atoms with Crippen LogP contribution in [0.2, 0.25) is 0 Å². The van der Waals surface area contributed by atoms with E-state index in [0.717, 1.165) is 12.2 Å². The van der Waals surface area contributed by atoms with Gasteiger partial charge >= 0.3 is 0 Å². The van der Waals surface area contributed by atoms with Crippen molar-refractivity contribution in [3.8, 4) is 11.6 Å². The molecular formula is C13H18N4O. The lowest BCUT2D eigenvalue weighted by molar-refractivity contribution is 0.456. The summed E-state index contributed by atoms with van der Waals surface area (Å²) in [6.07, 6.45) is 3.57. The molecule has 2 heterocycles. The molecule has 0 atom stereocenters. The molecule has 0 aliphatic heterocycles. The van der Waals surface area contributed by atoms with Gasteiger partial charge in [0, 0.05) is 18.7 Å². The van der Waals surface area contributed by atoms with E-state index >= 15 is 0 Å². The number of nitrogens with one attached hydrogen (secondary N) is 1. The molecule has 0 aliphatic rings. The summed E-state index contributed by atoms with van der Waals surface area (Å²) in [6.45, 7) is 4.87. The van der Waals surface area contributed by atoms with Crippen LogP contribution in [0.25, 0.3) is 0 Å². The number of nitrogens with zero attached hydrogens (tertiary/aromatic N) is 3. The SMILES string of the molecule is CNCc1cccc(Oc2cnn(C(C)C)c2)n1. The molecule has 5 nitrogen and oxygen atoms in total. The fourth-order valence-electron chi connectivity index (χ4n) is 1.57. The van der Waals surface area contributed by atoms with E-state index in [9.17, 15) is 0 Å². The molecule has 0 aliphatic carbocycles. The second-order valence-electron chi connectivity index (χ2n) is 4.35. The van der Waals surface area contributed by atoms with E-state index in [0.29, 0.717) is 17.7 Å². The highest BCUT2D eigenvalue weighted by Crippen LogP contribution is 2.19. The molecule has 5 heteroatoms. The summed E-state index contributed by atoms with van der Waals surface area (Å²) in [7, 11) is 1.89. The van der Waals surface area contributed by atoms with Gasteiger partial charge in [0.05, 0.1) is 18.1 Å². The molecule has 96 valence electrons. The third kappa shape index (κ3) is 3.07. The fourth-order valence-corrected chi connectivity index (χ4v) is 1.57. The number of ether oxygens (including phenoxy) is 1. The van der Waals surface area contributed by atoms with Gasteiger partial charge in [0.1, 0.15) is 0 Å². The van der Waals surface area contributed by atoms with E-state index in [1.807, 2.05) is 36.1 Å². The first-order valence-electron chi connectivity index (χ1n) is 6.01. The summed E-state index contributed by atoms with van der Waals surface area (Å²) >= 11 is 0. The van der Waals surface area contributed by atoms with Crippen LogP contribution in [0, 0.1) is 0 Å². The average molecular weight is 246 g/mol. The molecule has 2 aromatic rings. The quantitative estimate of drug-likeness (QED) is 0.880. The molecule has 0 bridgehead atoms. The maximum atomic E-state index is 5.67. The van der Waals surface area contributed by atoms with Crippen molar-refractivity contribution in [2.45, 2.75) is 26.4 Å². The Morgan fingerprint density at radius 2 is 2.22 bits per heavy atom. The predicted octanol–water partition coefficient (Wildman–Crippen LogP) is 2.37. The maximum absolute atomic E-state index is 5.67. The first kappa shape index (κ1) is 12.6. The molecule has 0 amide bonds. The smallest absolute Gasteiger partial charge is 0.219 e. The Morgan fingerprint density at radius 1 is 1.39 bits per heavy atom. The standard InChI is InChI=1S/C13H18N4O/c1-10(2)17-9-12(8-15-17)18-13-6-4-5-11(16-13)7-14-3/h4-6,8-10,14H,7H2,1-3H3. The normalized spacial score (nSPS) is 10.9. The Balaban J connectivity index is 2.10. The van der Waals surface area contributed by atoms with Gasteiger partial charge in [0.25, 0.3) is 0 Å². The van der Waals surface area contributed by atoms with Crippen molar-refractivity contribution in [3.63, 3.8) is 0 Å². The minimum atomic E-state index is 0.325. The largest absolute Gasteiger partial charge is 0.436 e. The predicted molar refractivity (Wildman–Crippen MR) is 69.7 cm³/mol. The summed E-state index contributed by atoms with van der Waals surface area (Å²) in [5.41, 5.74) is 0.950. The minimum absolute atomic E-state index is 0.325. The van der Waals surface area contributed by atoms with E-state index in [2.05, 4.69) is 29.2 Å². The summed E-state index contributed by atoms with van der Waals surface area (Å²) in [4.78, 5) is 4.39. The van der Waals surface area contributed by atoms with Gasteiger partial charge in [-0.2, -0.15) is 5.10 Å². The molecular weight excluding hydrogens is 228 g/mol. The van der Waals surface area contributed by atoms with E-state index in [1.54, 1.807) is 6.20 Å². The van der Waals surface area contributed by atoms with Crippen molar-refractivity contribution in [1.29, 1.82) is 0 Å². The first-order valence-corrected chi connectivity index (χ1v) is 6.01. The fraction of sp³-hybridized carbons (Fsp3) is 0.385. The molecule has 0 fully saturated rings. The van der Waals surface area contributed by atoms with Crippen LogP contribution >= 0.6 is 0 Å². The van der Waals surface area contributed by atoms with Crippen molar-refractivity contribution < 1.29 is 4.74 Å². The second kappa shape index (κ2) is 5.64. The number of rotatable bonds is 5. The van der Waals surface area contributed by atoms with Crippen LogP contribution in [0.15, 0.2) is 30.6 Å². The summed E-state index contributed by atoms with van der Waals surface area (Å²) in [5.74, 6) is 1.30. The molecule has 0 radical (unpaired) electrons. The number of hydrogen-bond acceptors (Lipinski definition) is 4. The molecule has 0 saturated carbocycles. The Kier molecular flexibility index (Phi) is 3.94. The van der Waals surface area contributed by atoms with Crippen LogP contribution in [0.1, 0.15) is 25.6 Å². The van der Waals surface area contributed by atoms with Gasteiger partial charge in [-0.3, -0.25) is 4.68 Å². The molecule has 18 heavy (non-hydrogen) atoms. The van der Waals surface area contributed by atoms with Gasteiger partial charge in [-0.1, -0.05) is 6.07 Å². The zero-order valence-electron chi connectivity index (χ0n) is 10.9. The van der Waals surface area contributed by atoms with Gasteiger partial charge < -0.3 is 10.1 Å². The van der Waals surface area contributed by atoms with Crippen LogP contribution in [0.4, 0.5) is 0 Å². The maximum Gasteiger partial charge on any atom is 0.219 e. The van der Waals surface area contributed by atoms with Crippen LogP contribution in [0.3, 0.4) is 0 Å². The Bertz CT molecular complexity index is 507. The lowest BCUT2D eigenvalue weighted by Gasteiger charge is -2.05. The summed E-state index contributed by atoms with van der Waals surface area (Å²) in [5, 5.41) is 7.28. The van der Waals surface area contributed by atoms with Gasteiger partial charge in [-0.15, -0.1) is 0 Å². The Hall–Kier alpha value is -1.88. The van der Waals surface area contributed by atoms with Crippen molar-refractivity contribution in [2.75, 3.05) is 7.05 Å². The lowest BCUT2D eigenvalue weighted by Crippen LogP contribution is -2.06. The van der Waals surface area contributed by atoms with Gasteiger partial charge in [0.2, 0.25) is 5.88 Å². The van der Waals surface area contributed by atoms with Crippen molar-refractivity contribution in [2.24, 2.45) is 0 Å². The average Bonchev–Trinajstić information content (AvgIpc) is 2.78. The highest BCUT2D eigenvalue weighted by molar-refractivity contribution is 5.23. The lowest BCUT2D eigenvalue weighted by atomic mass is 10.3. The zero-order chi connectivity index (χ0) is 13.0. The molecule has 0 aromatic carbocycles. The zero-order valence-corrected chi connectivity index (χ0v) is 10.9. The Morgan fingerprint density at radius 3 is 2.89 bits per heavy atom. The molecule has 2 rings (SSSR count). The van der Waals surface area contributed by atoms with Crippen molar-refractivity contribution in [3.05, 3.63) is 36.3 Å². The summed E-state index contributed by atoms with van der Waals surface area (Å²) in [6, 6.07) is 6.06. The Labute approximate surface area is 107 Å². The van der Waals surface area contributed by atoms with Crippen LogP contribution in [0.5, 0.6) is 11.6 Å². The van der Waals surface area contributed by atoms with Crippen LogP contribution in [-0.4, -0.2) is 21.8 Å². The monoisotopic (exact) mass is 246 g/mol. The highest BCUT2D eigenvalue weighted by Gasteiger charge is 2.05. The van der Waals surface area contributed by atoms with E-state index in [1.165, 1.54) is 0 Å². The van der Waals surface area contributed by atoms with Gasteiger partial charge in [-0.25, -0.2) is 4.98 Å². The van der Waals surface area contributed by atoms with Gasteiger partial charge in [0.15, 0.2) is 5.75 Å². The van der Waals surface area contributed by atoms with Crippen LogP contribution in [-0.2, 0) is 6.54 Å². The van der Waals surface area contributed by atoms with Crippen molar-refractivity contribution in [1.82, 2.24) is 20.1 Å². The molecule has 0 saturated heterocycles. The number of hydrogen-bond donors (Lipinski definition) is 1. The number of pyridine rings is 1. The topological polar surface area (TPSA) is 52.0 Å². The van der Waals surface area contributed by atoms with Crippen molar-refractivity contribution >= 4 is 0 Å². The van der Waals surface area contributed by atoms with Crippen LogP contribution < -0.4 is 10.1 Å². The van der Waals surface area contributed by atoms with E-state index in [-0.39, 0.29) is 0 Å². The molecule has 1 N–H and O–H groups in total. The summed E-state index contributed by atoms with van der Waals surface area (Å²) < 4.78 is 7.53. The van der Waals surface area contributed by atoms with E-state index in [4.69, 9.17) is 4.74 Å². The third-order valence-electron chi connectivity index (χ3n) is 2.47.